The zero-order chi connectivity index (χ0) is 32.5. The number of benzene rings is 3. The zero-order valence-electron chi connectivity index (χ0n) is 23.0. The summed E-state index contributed by atoms with van der Waals surface area (Å²) in [6, 6.07) is 10.6. The monoisotopic (exact) mass is 680 g/mol. The van der Waals surface area contributed by atoms with Gasteiger partial charge in [0.2, 0.25) is 0 Å². The largest absolute Gasteiger partial charge is 0.417 e. The summed E-state index contributed by atoms with van der Waals surface area (Å²) in [4.78, 5) is 28.2. The van der Waals surface area contributed by atoms with Gasteiger partial charge in [0, 0.05) is 17.5 Å². The molecule has 43 heavy (non-hydrogen) atoms. The van der Waals surface area contributed by atoms with Gasteiger partial charge in [-0.15, -0.1) is 0 Å². The van der Waals surface area contributed by atoms with Gasteiger partial charge in [-0.05, 0) is 74.9 Å². The van der Waals surface area contributed by atoms with Crippen molar-refractivity contribution in [2.75, 3.05) is 4.72 Å². The number of rotatable bonds is 7. The van der Waals surface area contributed by atoms with Crippen LogP contribution in [0, 0.1) is 0 Å². The number of amides is 1. The first-order chi connectivity index (χ1) is 19.6. The average Bonchev–Trinajstić information content (AvgIpc) is 2.85. The third-order valence-electron chi connectivity index (χ3n) is 5.65. The predicted molar refractivity (Wildman–Crippen MR) is 154 cm³/mol. The van der Waals surface area contributed by atoms with Gasteiger partial charge in [-0.1, -0.05) is 35.3 Å². The Balaban J connectivity index is 1.93. The normalized spacial score (nSPS) is 12.5. The fraction of sp³-hybridized carbons (Fsp3) is 0.259. The van der Waals surface area contributed by atoms with E-state index in [1.807, 2.05) is 4.72 Å². The summed E-state index contributed by atoms with van der Waals surface area (Å²) in [6.07, 6.45) is -4.95. The minimum atomic E-state index is -4.95. The number of hydrogen-bond donors (Lipinski definition) is 1. The lowest BCUT2D eigenvalue weighted by atomic mass is 10.1. The average molecular weight is 682 g/mol. The molecule has 3 aromatic carbocycles. The number of alkyl halides is 3. The maximum Gasteiger partial charge on any atom is 0.417 e. The van der Waals surface area contributed by atoms with Crippen LogP contribution in [0.3, 0.4) is 0 Å². The highest BCUT2D eigenvalue weighted by Crippen LogP contribution is 2.37. The minimum absolute atomic E-state index is 0.0530. The summed E-state index contributed by atoms with van der Waals surface area (Å²) in [7, 11) is -9.03. The number of carbonyl (C=O) groups is 2. The molecule has 3 aromatic rings. The maximum absolute atomic E-state index is 13.4. The Morgan fingerprint density at radius 2 is 1.51 bits per heavy atom. The lowest BCUT2D eigenvalue weighted by Gasteiger charge is -2.32. The van der Waals surface area contributed by atoms with Gasteiger partial charge >= 0.3 is 12.1 Å². The molecule has 0 heterocycles. The van der Waals surface area contributed by atoms with Crippen molar-refractivity contribution in [2.45, 2.75) is 55.0 Å². The molecule has 0 saturated carbocycles. The molecule has 1 N–H and O–H groups in total. The van der Waals surface area contributed by atoms with E-state index in [4.69, 9.17) is 28.0 Å². The highest BCUT2D eigenvalue weighted by Gasteiger charge is 2.35. The minimum Gasteiger partial charge on any atom is -0.338 e. The molecule has 0 radical (unpaired) electrons. The van der Waals surface area contributed by atoms with Crippen LogP contribution in [-0.2, 0) is 41.4 Å². The first-order valence-corrected chi connectivity index (χ1v) is 16.0. The summed E-state index contributed by atoms with van der Waals surface area (Å²) >= 11 is 11.6. The van der Waals surface area contributed by atoms with E-state index in [1.54, 1.807) is 20.8 Å². The molecule has 3 rings (SSSR count). The van der Waals surface area contributed by atoms with Gasteiger partial charge in [0.05, 0.1) is 37.4 Å². The van der Waals surface area contributed by atoms with E-state index in [0.29, 0.717) is 6.07 Å². The van der Waals surface area contributed by atoms with Crippen LogP contribution >= 0.6 is 23.2 Å². The summed E-state index contributed by atoms with van der Waals surface area (Å²) < 4.78 is 94.7. The van der Waals surface area contributed by atoms with Crippen molar-refractivity contribution in [1.29, 1.82) is 0 Å². The molecule has 0 aliphatic carbocycles. The van der Waals surface area contributed by atoms with Gasteiger partial charge in [-0.25, -0.2) is 16.8 Å². The van der Waals surface area contributed by atoms with Gasteiger partial charge in [-0.3, -0.25) is 14.3 Å². The quantitative estimate of drug-likeness (QED) is 0.282. The number of anilines is 1. The lowest BCUT2D eigenvalue weighted by molar-refractivity contribution is -0.192. The van der Waals surface area contributed by atoms with Crippen LogP contribution in [0.4, 0.5) is 18.9 Å². The molecular weight excluding hydrogens is 656 g/mol. The summed E-state index contributed by atoms with van der Waals surface area (Å²) in [5.41, 5.74) is -2.47. The molecule has 16 heteroatoms. The molecule has 0 aliphatic rings. The molecule has 0 fully saturated rings. The van der Waals surface area contributed by atoms with Crippen molar-refractivity contribution in [1.82, 2.24) is 5.06 Å². The molecular formula is C27H25Cl2F3N2O7S2. The van der Waals surface area contributed by atoms with Crippen LogP contribution in [-0.4, -0.2) is 39.3 Å². The van der Waals surface area contributed by atoms with Gasteiger partial charge in [0.1, 0.15) is 0 Å². The van der Waals surface area contributed by atoms with Crippen molar-refractivity contribution in [2.24, 2.45) is 0 Å². The molecule has 9 nitrogen and oxygen atoms in total. The second-order valence-corrected chi connectivity index (χ2v) is 14.7. The SMILES string of the molecule is CC(=O)ON(C(=O)c1ccc(CS(=O)(=O)c2ccc(Cl)cc2NS(=O)(=O)c2ccc(Cl)c(C(F)(F)F)c2)cc1)C(C)(C)C. The van der Waals surface area contributed by atoms with Crippen LogP contribution in [0.1, 0.15) is 49.2 Å². The zero-order valence-corrected chi connectivity index (χ0v) is 26.1. The Morgan fingerprint density at radius 1 is 0.907 bits per heavy atom. The van der Waals surface area contributed by atoms with Crippen LogP contribution in [0.25, 0.3) is 0 Å². The van der Waals surface area contributed by atoms with Gasteiger partial charge in [0.15, 0.2) is 9.84 Å². The van der Waals surface area contributed by atoms with Crippen LogP contribution < -0.4 is 4.72 Å². The Hall–Kier alpha value is -3.33. The fourth-order valence-corrected chi connectivity index (χ4v) is 6.78. The Labute approximate surface area is 256 Å². The topological polar surface area (TPSA) is 127 Å². The number of sulfone groups is 1. The van der Waals surface area contributed by atoms with Gasteiger partial charge < -0.3 is 4.84 Å². The number of nitrogens with one attached hydrogen (secondary N) is 1. The number of halogens is 5. The maximum atomic E-state index is 13.4. The third-order valence-corrected chi connectivity index (χ3v) is 9.31. The van der Waals surface area contributed by atoms with E-state index < -0.39 is 75.3 Å². The molecule has 0 aromatic heterocycles. The first-order valence-electron chi connectivity index (χ1n) is 12.2. The Morgan fingerprint density at radius 3 is 2.05 bits per heavy atom. The Kier molecular flexibility index (Phi) is 9.81. The molecule has 0 unspecified atom stereocenters. The van der Waals surface area contributed by atoms with Crippen molar-refractivity contribution < 1.29 is 44.4 Å². The summed E-state index contributed by atoms with van der Waals surface area (Å²) in [5, 5.41) is 0.122. The van der Waals surface area contributed by atoms with Crippen molar-refractivity contribution >= 4 is 60.6 Å². The molecule has 0 saturated heterocycles. The van der Waals surface area contributed by atoms with Crippen LogP contribution in [0.5, 0.6) is 0 Å². The Bertz CT molecular complexity index is 1770. The molecule has 0 aliphatic heterocycles. The number of carbonyl (C=O) groups excluding carboxylic acids is 2. The standard InChI is InChI=1S/C27H25Cl2F3N2O7S2/c1-16(35)41-34(26(2,3)4)25(36)18-7-5-17(6-8-18)15-42(37,38)24-12-9-19(28)13-23(24)33-43(39,40)20-10-11-22(29)21(14-20)27(30,31)32/h5-14,33H,15H2,1-4H3. The van der Waals surface area contributed by atoms with E-state index in [9.17, 15) is 39.6 Å². The summed E-state index contributed by atoms with van der Waals surface area (Å²) in [6.45, 7) is 6.08. The number of sulfonamides is 1. The van der Waals surface area contributed by atoms with E-state index >= 15 is 0 Å². The van der Waals surface area contributed by atoms with E-state index in [2.05, 4.69) is 0 Å². The molecule has 232 valence electrons. The van der Waals surface area contributed by atoms with Crippen molar-refractivity contribution in [3.63, 3.8) is 0 Å². The number of nitrogens with zero attached hydrogens (tertiary/aromatic N) is 1. The smallest absolute Gasteiger partial charge is 0.338 e. The van der Waals surface area contributed by atoms with E-state index in [0.717, 1.165) is 36.3 Å². The lowest BCUT2D eigenvalue weighted by Crippen LogP contribution is -2.46. The van der Waals surface area contributed by atoms with Crippen LogP contribution in [0.2, 0.25) is 10.0 Å². The van der Waals surface area contributed by atoms with E-state index in [1.165, 1.54) is 30.3 Å². The first kappa shape index (κ1) is 34.2. The predicted octanol–water partition coefficient (Wildman–Crippen LogP) is 6.51. The third kappa shape index (κ3) is 8.40. The second-order valence-electron chi connectivity index (χ2n) is 10.2. The highest BCUT2D eigenvalue weighted by molar-refractivity contribution is 7.93. The molecule has 1 amide bonds. The number of hydrogen-bond acceptors (Lipinski definition) is 7. The van der Waals surface area contributed by atoms with Gasteiger partial charge in [0.25, 0.3) is 15.9 Å². The van der Waals surface area contributed by atoms with Crippen LogP contribution in [0.15, 0.2) is 70.5 Å². The van der Waals surface area contributed by atoms with E-state index in [-0.39, 0.29) is 16.1 Å². The van der Waals surface area contributed by atoms with Gasteiger partial charge in [-0.2, -0.15) is 18.2 Å². The number of hydroxylamine groups is 2. The molecule has 0 atom stereocenters. The molecule has 0 spiro atoms. The fourth-order valence-electron chi connectivity index (χ4n) is 3.72. The highest BCUT2D eigenvalue weighted by atomic mass is 35.5. The van der Waals surface area contributed by atoms with Crippen molar-refractivity contribution in [3.05, 3.63) is 87.4 Å². The second kappa shape index (κ2) is 12.3. The molecule has 0 bridgehead atoms. The van der Waals surface area contributed by atoms with Crippen molar-refractivity contribution in [3.8, 4) is 0 Å². The summed E-state index contributed by atoms with van der Waals surface area (Å²) in [5.74, 6) is -2.01.